The van der Waals surface area contributed by atoms with Crippen molar-refractivity contribution in [2.45, 2.75) is 19.0 Å². The molecule has 7 heteroatoms. The summed E-state index contributed by atoms with van der Waals surface area (Å²) in [6.45, 7) is 3.39. The number of hydrogen-bond donors (Lipinski definition) is 3. The standard InChI is InChI=1S/C19H23FN6/c1-21-14-3-7-26(12-14)18-2-4-22-11-17(18)25-10-13-8-15(20)19-16(9-13)23-5-6-24-19/h2,5-6,8-9,11,14,21-22,25H,3-4,7,10,12H2,1H3. The van der Waals surface area contributed by atoms with Crippen LogP contribution in [-0.2, 0) is 6.54 Å². The molecule has 1 fully saturated rings. The van der Waals surface area contributed by atoms with Gasteiger partial charge < -0.3 is 20.9 Å². The van der Waals surface area contributed by atoms with E-state index >= 15 is 0 Å². The van der Waals surface area contributed by atoms with Crippen molar-refractivity contribution in [1.82, 2.24) is 30.8 Å². The Bertz CT molecular complexity index is 862. The van der Waals surface area contributed by atoms with Crippen molar-refractivity contribution in [2.24, 2.45) is 0 Å². The molecule has 0 bridgehead atoms. The van der Waals surface area contributed by atoms with Crippen molar-refractivity contribution in [2.75, 3.05) is 26.7 Å². The van der Waals surface area contributed by atoms with Crippen LogP contribution in [0.2, 0.25) is 0 Å². The van der Waals surface area contributed by atoms with Gasteiger partial charge in [0.1, 0.15) is 5.52 Å². The molecule has 1 aromatic heterocycles. The topological polar surface area (TPSA) is 65.1 Å². The fourth-order valence-corrected chi connectivity index (χ4v) is 3.54. The zero-order valence-electron chi connectivity index (χ0n) is 14.8. The normalized spacial score (nSPS) is 19.9. The smallest absolute Gasteiger partial charge is 0.151 e. The molecular formula is C19H23FN6. The Balaban J connectivity index is 1.48. The van der Waals surface area contributed by atoms with Crippen molar-refractivity contribution in [3.8, 4) is 0 Å². The van der Waals surface area contributed by atoms with Gasteiger partial charge in [0.05, 0.1) is 16.9 Å². The van der Waals surface area contributed by atoms with Crippen molar-refractivity contribution in [1.29, 1.82) is 0 Å². The second-order valence-electron chi connectivity index (χ2n) is 6.63. The first-order valence-corrected chi connectivity index (χ1v) is 8.94. The molecule has 0 radical (unpaired) electrons. The Hall–Kier alpha value is -2.67. The number of nitrogens with one attached hydrogen (secondary N) is 3. The van der Waals surface area contributed by atoms with Crippen LogP contribution in [0.3, 0.4) is 0 Å². The minimum Gasteiger partial charge on any atom is -0.386 e. The first-order valence-electron chi connectivity index (χ1n) is 8.94. The molecule has 0 spiro atoms. The lowest BCUT2D eigenvalue weighted by atomic mass is 10.1. The number of aromatic nitrogens is 2. The summed E-state index contributed by atoms with van der Waals surface area (Å²) in [4.78, 5) is 10.7. The first-order chi connectivity index (χ1) is 12.7. The van der Waals surface area contributed by atoms with Crippen LogP contribution in [0.15, 0.2) is 48.2 Å². The van der Waals surface area contributed by atoms with E-state index in [9.17, 15) is 4.39 Å². The first kappa shape index (κ1) is 16.8. The minimum absolute atomic E-state index is 0.311. The predicted molar refractivity (Wildman–Crippen MR) is 99.5 cm³/mol. The largest absolute Gasteiger partial charge is 0.386 e. The van der Waals surface area contributed by atoms with Crippen LogP contribution < -0.4 is 16.0 Å². The van der Waals surface area contributed by atoms with E-state index in [-0.39, 0.29) is 5.82 Å². The number of likely N-dealkylation sites (tertiary alicyclic amines) is 1. The van der Waals surface area contributed by atoms with Gasteiger partial charge in [-0.1, -0.05) is 0 Å². The summed E-state index contributed by atoms with van der Waals surface area (Å²) in [6, 6.07) is 3.93. The third kappa shape index (κ3) is 3.35. The Kier molecular flexibility index (Phi) is 4.71. The van der Waals surface area contributed by atoms with Gasteiger partial charge in [-0.2, -0.15) is 0 Å². The van der Waals surface area contributed by atoms with Gasteiger partial charge in [-0.3, -0.25) is 4.98 Å². The maximum Gasteiger partial charge on any atom is 0.151 e. The van der Waals surface area contributed by atoms with E-state index in [0.29, 0.717) is 23.6 Å². The van der Waals surface area contributed by atoms with Crippen LogP contribution in [0.25, 0.3) is 11.0 Å². The minimum atomic E-state index is -0.338. The molecule has 26 heavy (non-hydrogen) atoms. The maximum atomic E-state index is 14.2. The van der Waals surface area contributed by atoms with E-state index in [1.165, 1.54) is 18.0 Å². The predicted octanol–water partition coefficient (Wildman–Crippen LogP) is 1.48. The van der Waals surface area contributed by atoms with Crippen molar-refractivity contribution in [3.63, 3.8) is 0 Å². The summed E-state index contributed by atoms with van der Waals surface area (Å²) in [5.41, 5.74) is 3.98. The molecule has 4 rings (SSSR count). The van der Waals surface area contributed by atoms with E-state index in [2.05, 4.69) is 36.9 Å². The lowest BCUT2D eigenvalue weighted by Gasteiger charge is -2.28. The highest BCUT2D eigenvalue weighted by molar-refractivity contribution is 5.75. The molecule has 136 valence electrons. The molecule has 1 aromatic carbocycles. The van der Waals surface area contributed by atoms with Gasteiger partial charge in [0.2, 0.25) is 0 Å². The summed E-state index contributed by atoms with van der Waals surface area (Å²) in [5.74, 6) is -0.338. The van der Waals surface area contributed by atoms with Crippen LogP contribution in [-0.4, -0.2) is 47.6 Å². The van der Waals surface area contributed by atoms with Crippen LogP contribution in [0, 0.1) is 5.82 Å². The van der Waals surface area contributed by atoms with Gasteiger partial charge in [-0.15, -0.1) is 0 Å². The molecule has 1 saturated heterocycles. The molecule has 2 aliphatic rings. The number of fused-ring (bicyclic) bond motifs is 1. The highest BCUT2D eigenvalue weighted by Gasteiger charge is 2.25. The fourth-order valence-electron chi connectivity index (χ4n) is 3.54. The average Bonchev–Trinajstić information content (AvgIpc) is 3.16. The van der Waals surface area contributed by atoms with Gasteiger partial charge in [0.25, 0.3) is 0 Å². The molecule has 3 N–H and O–H groups in total. The van der Waals surface area contributed by atoms with Crippen molar-refractivity contribution < 1.29 is 4.39 Å². The van der Waals surface area contributed by atoms with Gasteiger partial charge in [-0.05, 0) is 37.2 Å². The van der Waals surface area contributed by atoms with E-state index in [0.717, 1.165) is 37.3 Å². The third-order valence-corrected chi connectivity index (χ3v) is 4.94. The number of likely N-dealkylation sites (N-methyl/N-ethyl adjacent to an activating group) is 1. The molecule has 2 aromatic rings. The molecule has 0 amide bonds. The van der Waals surface area contributed by atoms with Crippen LogP contribution in [0.4, 0.5) is 4.39 Å². The van der Waals surface area contributed by atoms with Gasteiger partial charge >= 0.3 is 0 Å². The summed E-state index contributed by atoms with van der Waals surface area (Å²) in [7, 11) is 2.01. The molecule has 2 aliphatic heterocycles. The van der Waals surface area contributed by atoms with Crippen molar-refractivity contribution in [3.05, 3.63) is 59.6 Å². The highest BCUT2D eigenvalue weighted by atomic mass is 19.1. The molecule has 6 nitrogen and oxygen atoms in total. The zero-order valence-corrected chi connectivity index (χ0v) is 14.8. The van der Waals surface area contributed by atoms with Crippen LogP contribution in [0.1, 0.15) is 12.0 Å². The molecule has 1 atom stereocenters. The number of hydrogen-bond acceptors (Lipinski definition) is 6. The quantitative estimate of drug-likeness (QED) is 0.756. The van der Waals surface area contributed by atoms with Crippen LogP contribution >= 0.6 is 0 Å². The summed E-state index contributed by atoms with van der Waals surface area (Å²) in [5, 5.41) is 10.0. The molecule has 0 saturated carbocycles. The van der Waals surface area contributed by atoms with E-state index in [4.69, 9.17) is 0 Å². The Morgan fingerprint density at radius 3 is 3.04 bits per heavy atom. The highest BCUT2D eigenvalue weighted by Crippen LogP contribution is 2.22. The molecule has 0 aliphatic carbocycles. The SMILES string of the molecule is CNC1CCN(C2=CCNC=C2NCc2cc(F)c3nccnc3c2)C1. The Labute approximate surface area is 152 Å². The third-order valence-electron chi connectivity index (χ3n) is 4.94. The lowest BCUT2D eigenvalue weighted by Crippen LogP contribution is -2.34. The van der Waals surface area contributed by atoms with Crippen LogP contribution in [0.5, 0.6) is 0 Å². The molecule has 3 heterocycles. The number of dihydropyridines is 1. The van der Waals surface area contributed by atoms with E-state index in [1.54, 1.807) is 6.20 Å². The van der Waals surface area contributed by atoms with E-state index < -0.39 is 0 Å². The van der Waals surface area contributed by atoms with Gasteiger partial charge in [-0.25, -0.2) is 9.37 Å². The Morgan fingerprint density at radius 2 is 2.19 bits per heavy atom. The van der Waals surface area contributed by atoms with Gasteiger partial charge in [0.15, 0.2) is 5.82 Å². The fraction of sp³-hybridized carbons (Fsp3) is 0.368. The van der Waals surface area contributed by atoms with Gasteiger partial charge in [0, 0.05) is 50.8 Å². The molecule has 1 unspecified atom stereocenters. The second kappa shape index (κ2) is 7.29. The second-order valence-corrected chi connectivity index (χ2v) is 6.63. The van der Waals surface area contributed by atoms with Crippen molar-refractivity contribution >= 4 is 11.0 Å². The summed E-state index contributed by atoms with van der Waals surface area (Å²) < 4.78 is 14.2. The lowest BCUT2D eigenvalue weighted by molar-refractivity contribution is 0.408. The Morgan fingerprint density at radius 1 is 1.31 bits per heavy atom. The number of rotatable bonds is 5. The van der Waals surface area contributed by atoms with E-state index in [1.807, 2.05) is 19.3 Å². The summed E-state index contributed by atoms with van der Waals surface area (Å²) >= 11 is 0. The summed E-state index contributed by atoms with van der Waals surface area (Å²) in [6.07, 6.45) is 8.43. The molecular weight excluding hydrogens is 331 g/mol. The monoisotopic (exact) mass is 354 g/mol. The maximum absolute atomic E-state index is 14.2. The average molecular weight is 354 g/mol. The number of nitrogens with zero attached hydrogens (tertiary/aromatic N) is 3. The number of benzene rings is 1. The number of halogens is 1. The zero-order chi connectivity index (χ0) is 17.9.